The average molecular weight is 447 g/mol. The van der Waals surface area contributed by atoms with Crippen molar-refractivity contribution in [3.63, 3.8) is 0 Å². The van der Waals surface area contributed by atoms with E-state index in [1.54, 1.807) is 13.8 Å². The lowest BCUT2D eigenvalue weighted by molar-refractivity contribution is 0.0979. The van der Waals surface area contributed by atoms with E-state index in [4.69, 9.17) is 11.6 Å². The minimum atomic E-state index is -4.19. The molecule has 0 unspecified atom stereocenters. The number of nitrogens with zero attached hydrogens (tertiary/aromatic N) is 3. The summed E-state index contributed by atoms with van der Waals surface area (Å²) in [5.41, 5.74) is -2.25. The molecule has 0 spiro atoms. The first-order valence-corrected chi connectivity index (χ1v) is 10.2. The Hall–Kier alpha value is -2.50. The number of carbonyl (C=O) groups is 1. The first-order chi connectivity index (χ1) is 13.3. The fraction of sp³-hybridized carbons (Fsp3) is 0.353. The molecule has 1 aromatic heterocycles. The predicted octanol–water partition coefficient (Wildman–Crippen LogP) is 0.952. The van der Waals surface area contributed by atoms with Gasteiger partial charge in [0.05, 0.1) is 16.3 Å². The molecule has 0 radical (unpaired) electrons. The van der Waals surface area contributed by atoms with Gasteiger partial charge < -0.3 is 4.57 Å². The molecule has 2 aromatic rings. The van der Waals surface area contributed by atoms with Gasteiger partial charge in [-0.1, -0.05) is 11.6 Å². The molecular formula is C17H20ClFN4O5S. The monoisotopic (exact) mass is 446 g/mol. The van der Waals surface area contributed by atoms with Gasteiger partial charge in [-0.25, -0.2) is 18.5 Å². The van der Waals surface area contributed by atoms with Crippen molar-refractivity contribution in [3.8, 4) is 5.69 Å². The molecule has 0 saturated carbocycles. The summed E-state index contributed by atoms with van der Waals surface area (Å²) in [6.07, 6.45) is 0. The summed E-state index contributed by atoms with van der Waals surface area (Å²) < 4.78 is 43.4. The van der Waals surface area contributed by atoms with Crippen LogP contribution in [0.3, 0.4) is 0 Å². The normalized spacial score (nSPS) is 11.9. The van der Waals surface area contributed by atoms with Gasteiger partial charge in [-0.2, -0.15) is 12.7 Å². The number of hydrogen-bond donors (Lipinski definition) is 1. The summed E-state index contributed by atoms with van der Waals surface area (Å²) in [5, 5.41) is -0.386. The number of halogens is 2. The zero-order valence-electron chi connectivity index (χ0n) is 16.4. The maximum absolute atomic E-state index is 14.5. The Morgan fingerprint density at radius 3 is 2.38 bits per heavy atom. The number of nitrogens with one attached hydrogen (secondary N) is 1. The highest BCUT2D eigenvalue weighted by atomic mass is 35.5. The van der Waals surface area contributed by atoms with Crippen LogP contribution in [0.4, 0.5) is 4.39 Å². The van der Waals surface area contributed by atoms with E-state index < -0.39 is 50.5 Å². The van der Waals surface area contributed by atoms with Crippen molar-refractivity contribution in [2.45, 2.75) is 26.8 Å². The lowest BCUT2D eigenvalue weighted by Gasteiger charge is -2.21. The quantitative estimate of drug-likeness (QED) is 0.735. The number of aromatic nitrogens is 2. The lowest BCUT2D eigenvalue weighted by Crippen LogP contribution is -2.44. The minimum Gasteiger partial charge on any atom is -0.301 e. The van der Waals surface area contributed by atoms with Crippen LogP contribution in [0.1, 0.15) is 29.9 Å². The number of hydrogen-bond acceptors (Lipinski definition) is 5. The molecule has 158 valence electrons. The second-order valence-electron chi connectivity index (χ2n) is 6.63. The zero-order valence-corrected chi connectivity index (χ0v) is 17.9. The van der Waals surface area contributed by atoms with E-state index in [-0.39, 0.29) is 5.02 Å². The number of carbonyl (C=O) groups excluding carboxylic acids is 1. The van der Waals surface area contributed by atoms with Crippen molar-refractivity contribution in [2.24, 2.45) is 7.05 Å². The van der Waals surface area contributed by atoms with Gasteiger partial charge in [-0.05, 0) is 32.9 Å². The van der Waals surface area contributed by atoms with Crippen LogP contribution in [-0.4, -0.2) is 40.9 Å². The van der Waals surface area contributed by atoms with Crippen molar-refractivity contribution in [2.75, 3.05) is 7.05 Å². The van der Waals surface area contributed by atoms with Crippen LogP contribution >= 0.6 is 11.6 Å². The van der Waals surface area contributed by atoms with Crippen molar-refractivity contribution in [1.29, 1.82) is 0 Å². The molecular weight excluding hydrogens is 427 g/mol. The maximum atomic E-state index is 14.5. The molecule has 1 aromatic carbocycles. The molecule has 1 N–H and O–H groups in total. The van der Waals surface area contributed by atoms with Crippen LogP contribution in [0.25, 0.3) is 5.69 Å². The van der Waals surface area contributed by atoms with Gasteiger partial charge in [0, 0.05) is 31.9 Å². The van der Waals surface area contributed by atoms with E-state index in [9.17, 15) is 27.2 Å². The highest BCUT2D eigenvalue weighted by molar-refractivity contribution is 7.87. The Labute approximate surface area is 171 Å². The number of benzene rings is 1. The van der Waals surface area contributed by atoms with Crippen LogP contribution in [0.5, 0.6) is 0 Å². The summed E-state index contributed by atoms with van der Waals surface area (Å²) in [7, 11) is -1.53. The molecule has 0 saturated heterocycles. The minimum absolute atomic E-state index is 0.353. The summed E-state index contributed by atoms with van der Waals surface area (Å²) in [5.74, 6) is -2.17. The molecule has 1 heterocycles. The van der Waals surface area contributed by atoms with Crippen LogP contribution in [0, 0.1) is 12.7 Å². The van der Waals surface area contributed by atoms with E-state index >= 15 is 0 Å². The third-order valence-corrected chi connectivity index (χ3v) is 6.35. The van der Waals surface area contributed by atoms with Crippen molar-refractivity contribution < 1.29 is 17.6 Å². The van der Waals surface area contributed by atoms with Crippen LogP contribution < -0.4 is 16.0 Å². The smallest absolute Gasteiger partial charge is 0.301 e. The second-order valence-corrected chi connectivity index (χ2v) is 8.77. The maximum Gasteiger partial charge on any atom is 0.335 e. The Balaban J connectivity index is 2.63. The van der Waals surface area contributed by atoms with E-state index in [1.807, 2.05) is 4.72 Å². The highest BCUT2D eigenvalue weighted by Crippen LogP contribution is 2.23. The fourth-order valence-electron chi connectivity index (χ4n) is 2.36. The van der Waals surface area contributed by atoms with Crippen molar-refractivity contribution in [3.05, 3.63) is 61.1 Å². The van der Waals surface area contributed by atoms with Crippen LogP contribution in [-0.2, 0) is 17.3 Å². The number of aryl methyl sites for hydroxylation is 1. The molecule has 0 aliphatic rings. The Kier molecular flexibility index (Phi) is 6.36. The molecule has 0 aliphatic carbocycles. The SMILES string of the molecule is Cc1cc(=O)n(-c2cc(C(=O)NS(=O)(=O)N(C)C(C)C)c(Cl)cc2F)c(=O)n1C. The third-order valence-electron chi connectivity index (χ3n) is 4.41. The lowest BCUT2D eigenvalue weighted by atomic mass is 10.1. The van der Waals surface area contributed by atoms with E-state index in [1.165, 1.54) is 21.0 Å². The molecule has 12 heteroatoms. The van der Waals surface area contributed by atoms with E-state index in [0.29, 0.717) is 10.3 Å². The van der Waals surface area contributed by atoms with Gasteiger partial charge >= 0.3 is 15.9 Å². The second kappa shape index (κ2) is 8.09. The molecule has 0 fully saturated rings. The zero-order chi connectivity index (χ0) is 22.3. The van der Waals surface area contributed by atoms with Gasteiger partial charge in [0.25, 0.3) is 11.5 Å². The third kappa shape index (κ3) is 4.41. The van der Waals surface area contributed by atoms with E-state index in [0.717, 1.165) is 27.1 Å². The molecule has 0 bridgehead atoms. The molecule has 9 nitrogen and oxygen atoms in total. The van der Waals surface area contributed by atoms with Crippen molar-refractivity contribution in [1.82, 2.24) is 18.2 Å². The Bertz CT molecular complexity index is 1200. The summed E-state index contributed by atoms with van der Waals surface area (Å²) in [6.45, 7) is 4.73. The molecule has 0 aliphatic heterocycles. The van der Waals surface area contributed by atoms with Crippen LogP contribution in [0.15, 0.2) is 27.8 Å². The Morgan fingerprint density at radius 1 is 1.24 bits per heavy atom. The molecule has 29 heavy (non-hydrogen) atoms. The Morgan fingerprint density at radius 2 is 1.83 bits per heavy atom. The first kappa shape index (κ1) is 22.8. The first-order valence-electron chi connectivity index (χ1n) is 8.37. The van der Waals surface area contributed by atoms with Gasteiger partial charge in [-0.3, -0.25) is 9.59 Å². The largest absolute Gasteiger partial charge is 0.335 e. The summed E-state index contributed by atoms with van der Waals surface area (Å²) >= 11 is 5.91. The molecule has 0 atom stereocenters. The predicted molar refractivity (Wildman–Crippen MR) is 106 cm³/mol. The topological polar surface area (TPSA) is 110 Å². The fourth-order valence-corrected chi connectivity index (χ4v) is 3.64. The number of amides is 1. The standard InChI is InChI=1S/C17H20ClFN4O5S/c1-9(2)22(5)29(27,28)20-16(25)11-7-14(13(19)8-12(11)18)23-15(24)6-10(3)21(4)17(23)26/h6-9H,1-5H3,(H,20,25). The van der Waals surface area contributed by atoms with E-state index in [2.05, 4.69) is 0 Å². The van der Waals surface area contributed by atoms with Crippen LogP contribution in [0.2, 0.25) is 5.02 Å². The molecule has 2 rings (SSSR count). The van der Waals surface area contributed by atoms with Gasteiger partial charge in [-0.15, -0.1) is 0 Å². The van der Waals surface area contributed by atoms with Gasteiger partial charge in [0.2, 0.25) is 0 Å². The highest BCUT2D eigenvalue weighted by Gasteiger charge is 2.26. The summed E-state index contributed by atoms with van der Waals surface area (Å²) in [6, 6.07) is 2.28. The van der Waals surface area contributed by atoms with Gasteiger partial charge in [0.1, 0.15) is 5.82 Å². The molecule has 1 amide bonds. The average Bonchev–Trinajstić information content (AvgIpc) is 2.60. The van der Waals surface area contributed by atoms with Crippen molar-refractivity contribution >= 4 is 27.7 Å². The summed E-state index contributed by atoms with van der Waals surface area (Å²) in [4.78, 5) is 37.2. The number of rotatable bonds is 5. The van der Waals surface area contributed by atoms with Gasteiger partial charge in [0.15, 0.2) is 0 Å².